The van der Waals surface area contributed by atoms with E-state index in [4.69, 9.17) is 28.2 Å². The molecule has 1 aliphatic heterocycles. The molecule has 0 amide bonds. The third-order valence-corrected chi connectivity index (χ3v) is 17.2. The highest BCUT2D eigenvalue weighted by Crippen LogP contribution is 2.64. The van der Waals surface area contributed by atoms with E-state index in [1.54, 1.807) is 14.2 Å². The molecule has 7 aromatic carbocycles. The van der Waals surface area contributed by atoms with Gasteiger partial charge in [-0.05, 0) is 124 Å². The first-order valence-corrected chi connectivity index (χ1v) is 27.5. The number of ether oxygens (including phenoxy) is 5. The van der Waals surface area contributed by atoms with Gasteiger partial charge in [0, 0.05) is 24.3 Å². The second-order valence-corrected chi connectivity index (χ2v) is 23.7. The van der Waals surface area contributed by atoms with Crippen LogP contribution in [-0.4, -0.2) is 76.5 Å². The molecule has 0 spiro atoms. The topological polar surface area (TPSA) is 158 Å². The maximum atomic E-state index is 14.0. The molecule has 8 aromatic rings. The molecule has 75 heavy (non-hydrogen) atoms. The Labute approximate surface area is 439 Å². The second kappa shape index (κ2) is 22.0. The quantitative estimate of drug-likeness (QED) is 0.0425. The number of aromatic amines is 1. The first kappa shape index (κ1) is 53.4. The molecule has 0 aliphatic carbocycles. The van der Waals surface area contributed by atoms with Crippen LogP contribution in [0.15, 0.2) is 149 Å². The van der Waals surface area contributed by atoms with Crippen molar-refractivity contribution in [3.63, 3.8) is 0 Å². The summed E-state index contributed by atoms with van der Waals surface area (Å²) in [7, 11) is -0.460. The van der Waals surface area contributed by atoms with Crippen molar-refractivity contribution >= 4 is 40.2 Å². The van der Waals surface area contributed by atoms with Crippen molar-refractivity contribution in [2.75, 3.05) is 27.0 Å². The fraction of sp³-hybridized carbons (Fsp3) is 0.361. The minimum absolute atomic E-state index is 0.00970. The SMILES string of the molecule is COc1ccc(C(OC[C@H]2O[C@@H](n3ccc(=O)[nH]c3=O)[C@H](OCc3ccc4ccc5cc(CC(C)(C)C)cc6ccc3c4c56)[C@@H]2O[P+](O)(CCC#N)N(C(C)C)C(C)C)(c2ccccc2)c2ccc(OC)cc2)cc1. The van der Waals surface area contributed by atoms with Crippen molar-refractivity contribution in [3.8, 4) is 17.6 Å². The Morgan fingerprint density at radius 1 is 0.760 bits per heavy atom. The maximum absolute atomic E-state index is 14.0. The average Bonchev–Trinajstić information content (AvgIpc) is 3.71. The van der Waals surface area contributed by atoms with Gasteiger partial charge in [0.15, 0.2) is 12.3 Å². The molecule has 0 saturated carbocycles. The smallest absolute Gasteiger partial charge is 0.347 e. The summed E-state index contributed by atoms with van der Waals surface area (Å²) in [4.78, 5) is 42.3. The molecule has 1 unspecified atom stereocenters. The summed E-state index contributed by atoms with van der Waals surface area (Å²) >= 11 is 0. The minimum Gasteiger partial charge on any atom is -0.497 e. The third-order valence-electron chi connectivity index (χ3n) is 14.2. The molecular weight excluding hydrogens is 964 g/mol. The van der Waals surface area contributed by atoms with Gasteiger partial charge in [0.1, 0.15) is 35.5 Å². The van der Waals surface area contributed by atoms with Crippen LogP contribution in [-0.2, 0) is 37.4 Å². The van der Waals surface area contributed by atoms with Crippen molar-refractivity contribution in [2.45, 2.75) is 110 Å². The Balaban J connectivity index is 1.20. The molecule has 1 aromatic heterocycles. The maximum Gasteiger partial charge on any atom is 0.347 e. The second-order valence-electron chi connectivity index (χ2n) is 21.3. The van der Waals surface area contributed by atoms with Crippen LogP contribution in [0.5, 0.6) is 11.5 Å². The van der Waals surface area contributed by atoms with E-state index in [2.05, 4.69) is 80.4 Å². The summed E-state index contributed by atoms with van der Waals surface area (Å²) in [6, 6.07) is 45.8. The van der Waals surface area contributed by atoms with Gasteiger partial charge in [0.2, 0.25) is 0 Å². The lowest BCUT2D eigenvalue weighted by molar-refractivity contribution is -0.0988. The van der Waals surface area contributed by atoms with Crippen LogP contribution in [0.3, 0.4) is 0 Å². The molecule has 1 aliphatic rings. The van der Waals surface area contributed by atoms with Gasteiger partial charge in [0.25, 0.3) is 5.56 Å². The third kappa shape index (κ3) is 10.8. The Bertz CT molecular complexity index is 3330. The zero-order valence-electron chi connectivity index (χ0n) is 44.3. The van der Waals surface area contributed by atoms with Gasteiger partial charge in [-0.1, -0.05) is 124 Å². The van der Waals surface area contributed by atoms with Crippen LogP contribution in [0.2, 0.25) is 0 Å². The number of rotatable bonds is 20. The zero-order valence-corrected chi connectivity index (χ0v) is 45.2. The fourth-order valence-electron chi connectivity index (χ4n) is 11.2. The number of nitrogens with one attached hydrogen (secondary N) is 1. The van der Waals surface area contributed by atoms with Crippen molar-refractivity contribution in [2.24, 2.45) is 5.41 Å². The Morgan fingerprint density at radius 2 is 1.35 bits per heavy atom. The summed E-state index contributed by atoms with van der Waals surface area (Å²) in [6.45, 7) is 14.6. The van der Waals surface area contributed by atoms with E-state index < -0.39 is 49.3 Å². The molecule has 13 nitrogen and oxygen atoms in total. The van der Waals surface area contributed by atoms with Crippen LogP contribution in [0.25, 0.3) is 32.3 Å². The average molecular weight is 1030 g/mol. The molecule has 9 rings (SSSR count). The highest BCUT2D eigenvalue weighted by Gasteiger charge is 2.58. The normalized spacial score (nSPS) is 18.1. The van der Waals surface area contributed by atoms with Crippen LogP contribution in [0, 0.1) is 16.7 Å². The fourth-order valence-corrected chi connectivity index (χ4v) is 14.1. The molecule has 5 atom stereocenters. The van der Waals surface area contributed by atoms with Gasteiger partial charge in [-0.3, -0.25) is 14.3 Å². The summed E-state index contributed by atoms with van der Waals surface area (Å²) in [5.74, 6) is 1.32. The number of methoxy groups -OCH3 is 2. The van der Waals surface area contributed by atoms with Gasteiger partial charge >= 0.3 is 13.6 Å². The first-order chi connectivity index (χ1) is 36.0. The number of aromatic nitrogens is 2. The molecule has 14 heteroatoms. The number of nitriles is 1. The van der Waals surface area contributed by atoms with E-state index in [-0.39, 0.29) is 43.3 Å². The summed E-state index contributed by atoms with van der Waals surface area (Å²) in [6.07, 6.45) is -2.07. The number of benzene rings is 7. The van der Waals surface area contributed by atoms with Crippen molar-refractivity contribution in [1.29, 1.82) is 5.26 Å². The van der Waals surface area contributed by atoms with E-state index >= 15 is 0 Å². The van der Waals surface area contributed by atoms with E-state index in [0.717, 1.165) is 55.6 Å². The van der Waals surface area contributed by atoms with Gasteiger partial charge in [-0.2, -0.15) is 9.79 Å². The molecule has 1 saturated heterocycles. The van der Waals surface area contributed by atoms with Crippen molar-refractivity contribution in [1.82, 2.24) is 14.2 Å². The van der Waals surface area contributed by atoms with Crippen molar-refractivity contribution < 1.29 is 33.1 Å². The van der Waals surface area contributed by atoms with Crippen molar-refractivity contribution in [3.05, 3.63) is 188 Å². The van der Waals surface area contributed by atoms with Crippen LogP contribution < -0.4 is 20.7 Å². The number of nitrogens with zero attached hydrogens (tertiary/aromatic N) is 3. The van der Waals surface area contributed by atoms with Gasteiger partial charge in [-0.15, -0.1) is 4.67 Å². The van der Waals surface area contributed by atoms with E-state index in [1.807, 2.05) is 111 Å². The molecular formula is C61H68N4O9P+. The van der Waals surface area contributed by atoms with Gasteiger partial charge < -0.3 is 23.7 Å². The highest BCUT2D eigenvalue weighted by molar-refractivity contribution is 7.63. The standard InChI is InChI=1S/C61H67N4O9P/c1-39(2)65(40(3)4)75(68,33-13-31-62)74-56-52(38-72-61(46-14-11-10-12-15-46,47-21-25-49(69-8)26-22-47)48-23-27-50(70-9)28-24-48)73-58(64-32-30-53(66)63-59(64)67)57(56)71-37-45-19-17-42-16-18-43-34-41(36-60(5,6)7)35-44-20-29-51(45)55(42)54(43)44/h10-12,14-30,32,34-35,39-40,52,56-58,68H,13,33,36-38H2,1-9H3/p+1/t52-,56-,57-,58-,75?/m1/s1. The Kier molecular flexibility index (Phi) is 15.7. The number of hydrogen-bond donors (Lipinski definition) is 2. The van der Waals surface area contributed by atoms with Gasteiger partial charge in [-0.25, -0.2) is 9.69 Å². The molecule has 390 valence electrons. The lowest BCUT2D eigenvalue weighted by Gasteiger charge is -2.39. The van der Waals surface area contributed by atoms with Gasteiger partial charge in [0.05, 0.1) is 39.9 Å². The lowest BCUT2D eigenvalue weighted by atomic mass is 9.80. The summed E-state index contributed by atoms with van der Waals surface area (Å²) < 4.78 is 43.5. The summed E-state index contributed by atoms with van der Waals surface area (Å²) in [5, 5.41) is 16.8. The molecule has 2 N–H and O–H groups in total. The predicted octanol–water partition coefficient (Wildman–Crippen LogP) is 11.7. The molecule has 0 radical (unpaired) electrons. The number of H-pyrrole nitrogens is 1. The van der Waals surface area contributed by atoms with Crippen LogP contribution in [0.4, 0.5) is 0 Å². The lowest BCUT2D eigenvalue weighted by Crippen LogP contribution is -2.46. The van der Waals surface area contributed by atoms with E-state index in [9.17, 15) is 19.7 Å². The Morgan fingerprint density at radius 3 is 1.92 bits per heavy atom. The molecule has 2 heterocycles. The van der Waals surface area contributed by atoms with Crippen LogP contribution >= 0.6 is 7.87 Å². The molecule has 0 bridgehead atoms. The predicted molar refractivity (Wildman–Crippen MR) is 297 cm³/mol. The Hall–Kier alpha value is -6.46. The largest absolute Gasteiger partial charge is 0.497 e. The highest BCUT2D eigenvalue weighted by atomic mass is 31.2. The zero-order chi connectivity index (χ0) is 53.2. The van der Waals surface area contributed by atoms with E-state index in [1.165, 1.54) is 27.8 Å². The van der Waals surface area contributed by atoms with Crippen LogP contribution in [0.1, 0.15) is 88.9 Å². The first-order valence-electron chi connectivity index (χ1n) is 25.7. The number of hydrogen-bond acceptors (Lipinski definition) is 11. The minimum atomic E-state index is -3.70. The monoisotopic (exact) mass is 1030 g/mol. The van der Waals surface area contributed by atoms with E-state index in [0.29, 0.717) is 11.5 Å². The summed E-state index contributed by atoms with van der Waals surface area (Å²) in [5.41, 5.74) is 2.07. The molecule has 1 fully saturated rings.